The van der Waals surface area contributed by atoms with Crippen molar-refractivity contribution in [2.45, 2.75) is 0 Å². The first-order valence-corrected chi connectivity index (χ1v) is 1.00. The van der Waals surface area contributed by atoms with Gasteiger partial charge in [-0.2, -0.15) is 0 Å². The Bertz CT molecular complexity index is 6.00. The molecular weight excluding hydrogens is 165 g/mol. The van der Waals surface area contributed by atoms with Crippen LogP contribution in [0.25, 0.3) is 0 Å². The maximum Gasteiger partial charge on any atom is 0.235 e. The van der Waals surface area contributed by atoms with Gasteiger partial charge in [0.2, 0.25) is 24.0 Å². The van der Waals surface area contributed by atoms with Crippen molar-refractivity contribution in [3.05, 3.63) is 0 Å². The summed E-state index contributed by atoms with van der Waals surface area (Å²) >= 11 is 0. The van der Waals surface area contributed by atoms with E-state index in [4.69, 9.17) is 0 Å². The third kappa shape index (κ3) is 16.1. The predicted octanol–water partition coefficient (Wildman–Crippen LogP) is -3.70. The first-order chi connectivity index (χ1) is 1.41. The molecule has 0 spiro atoms. The lowest BCUT2D eigenvalue weighted by molar-refractivity contribution is -0.000000778. The normalized spacial score (nSPS) is 4.50. The zero-order valence-electron chi connectivity index (χ0n) is 2.95. The highest BCUT2D eigenvalue weighted by atomic mass is 127. The van der Waals surface area contributed by atoms with Crippen LogP contribution in [0.15, 0.2) is 0 Å². The summed E-state index contributed by atoms with van der Waals surface area (Å²) in [5, 5.41) is 2.75. The van der Waals surface area contributed by atoms with Crippen LogP contribution in [0.5, 0.6) is 0 Å². The maximum absolute atomic E-state index is 2.75. The van der Waals surface area contributed by atoms with Gasteiger partial charge >= 0.3 is 0 Å². The number of hydrogen-bond donors (Lipinski definition) is 1. The molecule has 0 atom stereocenters. The molecule has 0 saturated heterocycles. The van der Waals surface area contributed by atoms with Crippen LogP contribution >= 0.6 is 0 Å². The van der Waals surface area contributed by atoms with Crippen molar-refractivity contribution in [3.63, 3.8) is 0 Å². The number of hydrogen-bond acceptors (Lipinski definition) is 1. The minimum atomic E-state index is 0. The minimum Gasteiger partial charge on any atom is -0.323 e. The van der Waals surface area contributed by atoms with Crippen LogP contribution in [0.3, 0.4) is 0 Å². The molecule has 0 rings (SSSR count). The molecule has 0 radical (unpaired) electrons. The first-order valence-electron chi connectivity index (χ1n) is 1.00. The molecule has 0 aromatic rings. The third-order valence-corrected chi connectivity index (χ3v) is 0. The van der Waals surface area contributed by atoms with Gasteiger partial charge in [-0.15, -0.1) is 0 Å². The summed E-state index contributed by atoms with van der Waals surface area (Å²) < 4.78 is 0. The average molecular weight is 174 g/mol. The number of halogens is 1. The average Bonchev–Trinajstić information content (AvgIpc) is 0.918. The van der Waals surface area contributed by atoms with E-state index < -0.39 is 0 Å². The standard InChI is InChI=1S/C2H7N.H2I/c1-3-2;/h3H,1-2H3;1H2/q;+1. The number of nitrogens with one attached hydrogen (secondary N) is 1. The molecular formula is C2H9IN+. The largest absolute Gasteiger partial charge is 0.323 e. The Balaban J connectivity index is 0. The molecule has 28 valence electrons. The van der Waals surface area contributed by atoms with Crippen LogP contribution in [-0.2, 0) is 0 Å². The molecule has 4 heavy (non-hydrogen) atoms. The van der Waals surface area contributed by atoms with E-state index in [-0.39, 0.29) is 24.0 Å². The summed E-state index contributed by atoms with van der Waals surface area (Å²) in [5.74, 6) is 0. The molecule has 1 N–H and O–H groups in total. The third-order valence-electron chi connectivity index (χ3n) is 0. The summed E-state index contributed by atoms with van der Waals surface area (Å²) in [6.07, 6.45) is 0. The summed E-state index contributed by atoms with van der Waals surface area (Å²) in [7, 11) is 3.75. The van der Waals surface area contributed by atoms with Crippen LogP contribution in [0.2, 0.25) is 0 Å². The van der Waals surface area contributed by atoms with Crippen LogP contribution in [-0.4, -0.2) is 14.1 Å². The van der Waals surface area contributed by atoms with Crippen molar-refractivity contribution < 1.29 is 24.0 Å². The molecule has 0 aliphatic heterocycles. The minimum absolute atomic E-state index is 0. The van der Waals surface area contributed by atoms with Crippen molar-refractivity contribution in [2.24, 2.45) is 0 Å². The zero-order valence-corrected chi connectivity index (χ0v) is 5.50. The fraction of sp³-hybridized carbons (Fsp3) is 1.00. The van der Waals surface area contributed by atoms with E-state index in [0.29, 0.717) is 0 Å². The van der Waals surface area contributed by atoms with Gasteiger partial charge in [-0.3, -0.25) is 0 Å². The number of rotatable bonds is 0. The molecule has 0 aromatic carbocycles. The fourth-order valence-corrected chi connectivity index (χ4v) is 0. The van der Waals surface area contributed by atoms with Gasteiger partial charge in [0.25, 0.3) is 0 Å². The second-order valence-electron chi connectivity index (χ2n) is 0.500. The Hall–Kier alpha value is 0.690. The van der Waals surface area contributed by atoms with Crippen molar-refractivity contribution >= 4 is 0 Å². The van der Waals surface area contributed by atoms with Gasteiger partial charge in [-0.05, 0) is 14.1 Å². The predicted molar refractivity (Wildman–Crippen MR) is 17.8 cm³/mol. The molecule has 0 aliphatic carbocycles. The Morgan fingerprint density at radius 2 is 1.25 bits per heavy atom. The van der Waals surface area contributed by atoms with Crippen LogP contribution in [0.1, 0.15) is 0 Å². The topological polar surface area (TPSA) is 12.0 Å². The second-order valence-corrected chi connectivity index (χ2v) is 0.500. The van der Waals surface area contributed by atoms with E-state index in [1.54, 1.807) is 0 Å². The van der Waals surface area contributed by atoms with E-state index >= 15 is 0 Å². The van der Waals surface area contributed by atoms with Gasteiger partial charge in [0.05, 0.1) is 0 Å². The van der Waals surface area contributed by atoms with Crippen LogP contribution < -0.4 is 29.3 Å². The second kappa shape index (κ2) is 9.35. The quantitative estimate of drug-likeness (QED) is 0.373. The van der Waals surface area contributed by atoms with E-state index in [0.717, 1.165) is 0 Å². The molecule has 0 unspecified atom stereocenters. The molecule has 0 heterocycles. The SMILES string of the molecule is CNC.[IH2+]. The zero-order chi connectivity index (χ0) is 2.71. The van der Waals surface area contributed by atoms with Crippen molar-refractivity contribution in [1.29, 1.82) is 0 Å². The highest BCUT2D eigenvalue weighted by Crippen LogP contribution is 0.981. The molecule has 0 fully saturated rings. The Morgan fingerprint density at radius 1 is 1.25 bits per heavy atom. The van der Waals surface area contributed by atoms with Gasteiger partial charge in [-0.25, -0.2) is 0 Å². The van der Waals surface area contributed by atoms with Gasteiger partial charge in [0.15, 0.2) is 0 Å². The lowest BCUT2D eigenvalue weighted by atomic mass is 11.3. The highest BCUT2D eigenvalue weighted by molar-refractivity contribution is 3.91. The van der Waals surface area contributed by atoms with Crippen LogP contribution in [0.4, 0.5) is 0 Å². The molecule has 0 aliphatic rings. The van der Waals surface area contributed by atoms with E-state index in [2.05, 4.69) is 5.32 Å². The van der Waals surface area contributed by atoms with Crippen LogP contribution in [0, 0.1) is 0 Å². The molecule has 2 heteroatoms. The fourth-order valence-electron chi connectivity index (χ4n) is 0. The van der Waals surface area contributed by atoms with Gasteiger partial charge < -0.3 is 5.32 Å². The summed E-state index contributed by atoms with van der Waals surface area (Å²) in [4.78, 5) is 0. The van der Waals surface area contributed by atoms with Gasteiger partial charge in [0, 0.05) is 0 Å². The Kier molecular flexibility index (Phi) is 20.6. The maximum atomic E-state index is 2.75. The summed E-state index contributed by atoms with van der Waals surface area (Å²) in [6.45, 7) is 0. The van der Waals surface area contributed by atoms with E-state index in [1.165, 1.54) is 0 Å². The molecule has 0 saturated carbocycles. The molecule has 0 bridgehead atoms. The van der Waals surface area contributed by atoms with Crippen molar-refractivity contribution in [2.75, 3.05) is 14.1 Å². The van der Waals surface area contributed by atoms with Crippen molar-refractivity contribution in [3.8, 4) is 0 Å². The highest BCUT2D eigenvalue weighted by Gasteiger charge is 1.25. The monoisotopic (exact) mass is 174 g/mol. The summed E-state index contributed by atoms with van der Waals surface area (Å²) in [6, 6.07) is 0. The molecule has 0 aromatic heterocycles. The first kappa shape index (κ1) is 8.83. The smallest absolute Gasteiger partial charge is 0.235 e. The van der Waals surface area contributed by atoms with Gasteiger partial charge in [-0.1, -0.05) is 0 Å². The lowest BCUT2D eigenvalue weighted by Gasteiger charge is -1.59. The Labute approximate surface area is 43.8 Å². The van der Waals surface area contributed by atoms with E-state index in [1.807, 2.05) is 14.1 Å². The molecule has 1 nitrogen and oxygen atoms in total. The Morgan fingerprint density at radius 3 is 1.25 bits per heavy atom. The van der Waals surface area contributed by atoms with E-state index in [9.17, 15) is 0 Å². The van der Waals surface area contributed by atoms with Gasteiger partial charge in [0.1, 0.15) is 0 Å². The lowest BCUT2D eigenvalue weighted by Crippen LogP contribution is -3.00. The molecule has 0 amide bonds. The summed E-state index contributed by atoms with van der Waals surface area (Å²) in [5.41, 5.74) is 0. The van der Waals surface area contributed by atoms with Crippen molar-refractivity contribution in [1.82, 2.24) is 5.32 Å².